The van der Waals surface area contributed by atoms with E-state index in [1.54, 1.807) is 4.90 Å². The lowest BCUT2D eigenvalue weighted by atomic mass is 9.80. The highest BCUT2D eigenvalue weighted by molar-refractivity contribution is 6.37. The van der Waals surface area contributed by atoms with Crippen molar-refractivity contribution in [2.45, 2.75) is 123 Å². The lowest BCUT2D eigenvalue weighted by Crippen LogP contribution is -2.62. The van der Waals surface area contributed by atoms with Gasteiger partial charge in [-0.25, -0.2) is 4.98 Å². The van der Waals surface area contributed by atoms with E-state index in [1.165, 1.54) is 18.6 Å². The largest absolute Gasteiger partial charge is 0.380 e. The summed E-state index contributed by atoms with van der Waals surface area (Å²) in [5.74, 6) is -3.83. The first-order valence-corrected chi connectivity index (χ1v) is 18.9. The number of rotatable bonds is 12. The number of hydrogen-bond acceptors (Lipinski definition) is 9. The monoisotopic (exact) mass is 721 g/mol. The highest BCUT2D eigenvalue weighted by Gasteiger charge is 2.86. The number of amides is 5. The summed E-state index contributed by atoms with van der Waals surface area (Å²) in [6.45, 7) is 11.2. The van der Waals surface area contributed by atoms with Crippen LogP contribution in [0, 0.1) is 33.5 Å². The minimum Gasteiger partial charge on any atom is -0.380 e. The van der Waals surface area contributed by atoms with Crippen molar-refractivity contribution in [2.75, 3.05) is 19.8 Å². The third-order valence-corrected chi connectivity index (χ3v) is 13.4. The summed E-state index contributed by atoms with van der Waals surface area (Å²) in [5.41, 5.74) is 3.84. The van der Waals surface area contributed by atoms with E-state index in [-0.39, 0.29) is 34.9 Å². The maximum absolute atomic E-state index is 14.9. The van der Waals surface area contributed by atoms with Gasteiger partial charge in [0, 0.05) is 29.8 Å². The van der Waals surface area contributed by atoms with Gasteiger partial charge in [0.1, 0.15) is 23.8 Å². The van der Waals surface area contributed by atoms with Crippen molar-refractivity contribution in [1.82, 2.24) is 30.8 Å². The van der Waals surface area contributed by atoms with Crippen molar-refractivity contribution < 1.29 is 33.5 Å². The molecule has 3 aliphatic carbocycles. The minimum atomic E-state index is -1.11. The van der Waals surface area contributed by atoms with Gasteiger partial charge in [0.25, 0.3) is 11.8 Å². The summed E-state index contributed by atoms with van der Waals surface area (Å²) >= 11 is 0. The molecule has 284 valence electrons. The maximum atomic E-state index is 14.9. The van der Waals surface area contributed by atoms with Crippen LogP contribution in [0.1, 0.15) is 109 Å². The number of hydrogen-bond donors (Lipinski definition) is 4. The van der Waals surface area contributed by atoms with Gasteiger partial charge in [0.2, 0.25) is 23.5 Å². The molecule has 1 aromatic heterocycles. The number of primary amides is 1. The molecule has 2 aliphatic heterocycles. The number of nitrogens with zero attached hydrogens (tertiary/aromatic N) is 3. The molecule has 2 saturated heterocycles. The Morgan fingerprint density at radius 1 is 0.942 bits per heavy atom. The maximum Gasteiger partial charge on any atom is 0.287 e. The van der Waals surface area contributed by atoms with Crippen molar-refractivity contribution in [3.8, 4) is 0 Å². The predicted molar refractivity (Wildman–Crippen MR) is 189 cm³/mol. The average molecular weight is 722 g/mol. The Bertz CT molecular complexity index is 1580. The van der Waals surface area contributed by atoms with E-state index >= 15 is 0 Å². The number of Topliss-reactive ketones (excluding diaryl/α,β-unsaturated/α-hetero) is 1. The Morgan fingerprint density at radius 2 is 1.63 bits per heavy atom. The third-order valence-electron chi connectivity index (χ3n) is 13.4. The molecule has 5 atom stereocenters. The van der Waals surface area contributed by atoms with Crippen molar-refractivity contribution in [1.29, 1.82) is 0 Å². The first-order chi connectivity index (χ1) is 24.5. The van der Waals surface area contributed by atoms with Gasteiger partial charge in [-0.15, -0.1) is 0 Å². The van der Waals surface area contributed by atoms with Crippen LogP contribution in [0.3, 0.4) is 0 Å². The molecule has 14 nitrogen and oxygen atoms in total. The number of nitrogens with two attached hydrogens (primary N) is 1. The Labute approximate surface area is 305 Å². The molecule has 0 bridgehead atoms. The average Bonchev–Trinajstić information content (AvgIpc) is 3.28. The van der Waals surface area contributed by atoms with Gasteiger partial charge in [-0.2, -0.15) is 0 Å². The van der Waals surface area contributed by atoms with Crippen LogP contribution < -0.4 is 21.7 Å². The fourth-order valence-corrected chi connectivity index (χ4v) is 9.65. The topological polar surface area (TPSA) is 203 Å². The molecule has 2 spiro atoms. The summed E-state index contributed by atoms with van der Waals surface area (Å²) in [5, 5.41) is 8.76. The van der Waals surface area contributed by atoms with E-state index in [2.05, 4.69) is 39.8 Å². The number of likely N-dealkylation sites (tertiary alicyclic amines) is 1. The lowest BCUT2D eigenvalue weighted by Gasteiger charge is -2.38. The van der Waals surface area contributed by atoms with Gasteiger partial charge >= 0.3 is 0 Å². The highest BCUT2D eigenvalue weighted by Crippen LogP contribution is 2.84. The zero-order chi connectivity index (χ0) is 37.6. The van der Waals surface area contributed by atoms with E-state index in [0.29, 0.717) is 26.1 Å². The van der Waals surface area contributed by atoms with Gasteiger partial charge < -0.3 is 31.3 Å². The van der Waals surface area contributed by atoms with Crippen LogP contribution in [-0.2, 0) is 28.7 Å². The van der Waals surface area contributed by atoms with E-state index in [4.69, 9.17) is 10.5 Å². The summed E-state index contributed by atoms with van der Waals surface area (Å²) in [6.07, 6.45) is 12.1. The Hall–Kier alpha value is -3.94. The first-order valence-electron chi connectivity index (χ1n) is 18.9. The first kappa shape index (κ1) is 37.8. The molecular formula is C38H55N7O7. The standard InChI is InChI=1S/C38H55N7O7/c1-35(2,3)29(44-33(50)27(23-12-7-6-8-13-23)43-31(48)25-18-40-14-15-41-25)34(51)45-19-37(36(4,5)38(37)20-52-21-38)17-26(45)32(49)42-24(28(46)30(39)47)16-22-10-9-11-22/h14-15,18,22-24,26-27,29H,6-13,16-17,19-21H2,1-5H3,(H2,39,47)(H,42,49)(H,43,48)(H,44,50)/t24?,26-,27-,29+,37?/m0/s1. The van der Waals surface area contributed by atoms with Crippen LogP contribution in [0.4, 0.5) is 0 Å². The minimum absolute atomic E-state index is 0.0853. The van der Waals surface area contributed by atoms with E-state index in [0.717, 1.165) is 51.4 Å². The fraction of sp³-hybridized carbons (Fsp3) is 0.737. The molecule has 5 fully saturated rings. The number of ether oxygens (including phenoxy) is 1. The summed E-state index contributed by atoms with van der Waals surface area (Å²) < 4.78 is 5.70. The molecule has 52 heavy (non-hydrogen) atoms. The summed E-state index contributed by atoms with van der Waals surface area (Å²) in [7, 11) is 0. The molecule has 0 aromatic carbocycles. The molecule has 5 amide bonds. The van der Waals surface area contributed by atoms with Gasteiger partial charge in [0.15, 0.2) is 0 Å². The highest BCUT2D eigenvalue weighted by atomic mass is 16.5. The molecular weight excluding hydrogens is 666 g/mol. The van der Waals surface area contributed by atoms with E-state index in [1.807, 2.05) is 20.8 Å². The predicted octanol–water partition coefficient (Wildman–Crippen LogP) is 2.06. The molecule has 0 radical (unpaired) electrons. The number of nitrogens with one attached hydrogen (secondary N) is 3. The number of fused-ring (bicyclic) bond motifs is 1. The molecule has 14 heteroatoms. The van der Waals surface area contributed by atoms with Crippen molar-refractivity contribution in [2.24, 2.45) is 39.2 Å². The van der Waals surface area contributed by atoms with Crippen LogP contribution >= 0.6 is 0 Å². The molecule has 5 N–H and O–H groups in total. The van der Waals surface area contributed by atoms with Crippen LogP contribution in [0.25, 0.3) is 0 Å². The van der Waals surface area contributed by atoms with Crippen molar-refractivity contribution in [3.05, 3.63) is 24.3 Å². The number of carbonyl (C=O) groups excluding carboxylic acids is 6. The SMILES string of the molecule is CC(C)(C)[C@H](NC(=O)[C@@H](NC(=O)c1cnccn1)C1CCCCC1)C(=O)N1CC2(C[C@H]1C(=O)NC(CC1CCC1)C(=O)C(N)=O)C(C)(C)C21COC1. The second-order valence-electron chi connectivity index (χ2n) is 17.5. The third kappa shape index (κ3) is 6.60. The zero-order valence-corrected chi connectivity index (χ0v) is 31.2. The molecule has 3 heterocycles. The number of carbonyl (C=O) groups is 6. The van der Waals surface area contributed by atoms with Gasteiger partial charge in [0.05, 0.1) is 25.5 Å². The number of ketones is 1. The Balaban J connectivity index is 1.28. The van der Waals surface area contributed by atoms with Gasteiger partial charge in [-0.3, -0.25) is 33.8 Å². The smallest absolute Gasteiger partial charge is 0.287 e. The van der Waals surface area contributed by atoms with Crippen molar-refractivity contribution in [3.63, 3.8) is 0 Å². The van der Waals surface area contributed by atoms with Crippen LogP contribution in [0.5, 0.6) is 0 Å². The van der Waals surface area contributed by atoms with E-state index < -0.39 is 70.3 Å². The second-order valence-corrected chi connectivity index (χ2v) is 17.5. The molecule has 2 unspecified atom stereocenters. The van der Waals surface area contributed by atoms with Crippen LogP contribution in [0.15, 0.2) is 18.6 Å². The second kappa shape index (κ2) is 14.1. The van der Waals surface area contributed by atoms with Crippen LogP contribution in [0.2, 0.25) is 0 Å². The quantitative estimate of drug-likeness (QED) is 0.233. The van der Waals surface area contributed by atoms with Gasteiger partial charge in [-0.1, -0.05) is 73.1 Å². The zero-order valence-electron chi connectivity index (χ0n) is 31.2. The van der Waals surface area contributed by atoms with E-state index in [9.17, 15) is 28.8 Å². The molecule has 6 rings (SSSR count). The molecule has 5 aliphatic rings. The van der Waals surface area contributed by atoms with Gasteiger partial charge in [-0.05, 0) is 48.3 Å². The van der Waals surface area contributed by atoms with Crippen molar-refractivity contribution >= 4 is 35.3 Å². The van der Waals surface area contributed by atoms with Crippen LogP contribution in [-0.4, -0.2) is 94.1 Å². The number of aromatic nitrogens is 2. The summed E-state index contributed by atoms with van der Waals surface area (Å²) in [4.78, 5) is 91.5. The lowest BCUT2D eigenvalue weighted by molar-refractivity contribution is -0.145. The normalized spacial score (nSPS) is 26.7. The molecule has 1 aromatic rings. The fourth-order valence-electron chi connectivity index (χ4n) is 9.65. The summed E-state index contributed by atoms with van der Waals surface area (Å²) in [6, 6.07) is -4.01. The molecule has 3 saturated carbocycles. The Morgan fingerprint density at radius 3 is 2.15 bits per heavy atom. The Kier molecular flexibility index (Phi) is 10.3.